The number of ether oxygens (including phenoxy) is 1. The molecule has 0 spiro atoms. The number of nitrogens with one attached hydrogen (secondary N) is 2. The van der Waals surface area contributed by atoms with Gasteiger partial charge in [0.15, 0.2) is 0 Å². The Labute approximate surface area is 226 Å². The van der Waals surface area contributed by atoms with Gasteiger partial charge in [0.05, 0.1) is 39.1 Å². The quantitative estimate of drug-likeness (QED) is 0.193. The van der Waals surface area contributed by atoms with E-state index in [1.54, 1.807) is 19.1 Å². The molecule has 1 aliphatic rings. The molecule has 1 aromatic carbocycles. The predicted octanol–water partition coefficient (Wildman–Crippen LogP) is 4.55. The van der Waals surface area contributed by atoms with Crippen molar-refractivity contribution in [1.82, 2.24) is 15.6 Å². The highest BCUT2D eigenvalue weighted by molar-refractivity contribution is 9.10. The Balaban J connectivity index is 1.29. The molecular weight excluding hydrogens is 564 g/mol. The SMILES string of the molecule is C/C(=N\NC(=O)c1ccc(C(=O)NCCCN2CCOCC2)s1)c1csc(-c2ccc(Br)cc2)c1O. The molecule has 0 unspecified atom stereocenters. The largest absolute Gasteiger partial charge is 0.506 e. The van der Waals surface area contributed by atoms with E-state index >= 15 is 0 Å². The molecule has 3 heterocycles. The standard InChI is InChI=1S/C25H27BrN4O4S2/c1-16(19-15-35-23(22(19)31)17-3-5-18(26)6-4-17)28-29-25(33)21-8-7-20(36-21)24(32)27-9-2-10-30-11-13-34-14-12-30/h3-8,15,31H,2,9-14H2,1H3,(H,27,32)(H,29,33)/b28-16+. The first-order valence-corrected chi connectivity index (χ1v) is 14.0. The van der Waals surface area contributed by atoms with Crippen molar-refractivity contribution < 1.29 is 19.4 Å². The molecule has 0 aliphatic carbocycles. The van der Waals surface area contributed by atoms with Crippen molar-refractivity contribution in [1.29, 1.82) is 0 Å². The molecule has 3 aromatic rings. The number of carbonyl (C=O) groups excluding carboxylic acids is 2. The summed E-state index contributed by atoms with van der Waals surface area (Å²) in [6.45, 7) is 6.59. The molecule has 0 saturated carbocycles. The molecule has 2 amide bonds. The van der Waals surface area contributed by atoms with Crippen molar-refractivity contribution in [3.8, 4) is 16.2 Å². The highest BCUT2D eigenvalue weighted by Gasteiger charge is 2.17. The van der Waals surface area contributed by atoms with E-state index in [-0.39, 0.29) is 11.7 Å². The van der Waals surface area contributed by atoms with Crippen LogP contribution in [-0.2, 0) is 4.74 Å². The van der Waals surface area contributed by atoms with E-state index in [1.807, 2.05) is 29.6 Å². The van der Waals surface area contributed by atoms with Gasteiger partial charge in [-0.1, -0.05) is 28.1 Å². The Morgan fingerprint density at radius 2 is 1.81 bits per heavy atom. The first-order valence-electron chi connectivity index (χ1n) is 11.5. The number of hydrogen-bond acceptors (Lipinski definition) is 8. The number of thiophene rings is 2. The van der Waals surface area contributed by atoms with E-state index in [9.17, 15) is 14.7 Å². The zero-order chi connectivity index (χ0) is 25.5. The van der Waals surface area contributed by atoms with Crippen LogP contribution >= 0.6 is 38.6 Å². The third-order valence-electron chi connectivity index (χ3n) is 5.68. The number of hydrogen-bond donors (Lipinski definition) is 3. The average Bonchev–Trinajstić information content (AvgIpc) is 3.54. The molecule has 11 heteroatoms. The summed E-state index contributed by atoms with van der Waals surface area (Å²) in [6, 6.07) is 10.9. The molecule has 36 heavy (non-hydrogen) atoms. The first kappa shape index (κ1) is 26.5. The van der Waals surface area contributed by atoms with Crippen molar-refractivity contribution in [2.45, 2.75) is 13.3 Å². The molecule has 3 N–H and O–H groups in total. The van der Waals surface area contributed by atoms with Gasteiger partial charge < -0.3 is 15.2 Å². The second kappa shape index (κ2) is 12.6. The van der Waals surface area contributed by atoms with Gasteiger partial charge in [-0.2, -0.15) is 5.10 Å². The van der Waals surface area contributed by atoms with Gasteiger partial charge in [0.2, 0.25) is 0 Å². The molecule has 0 bridgehead atoms. The second-order valence-corrected chi connectivity index (χ2v) is 11.1. The lowest BCUT2D eigenvalue weighted by Gasteiger charge is -2.26. The number of carbonyl (C=O) groups is 2. The van der Waals surface area contributed by atoms with Gasteiger partial charge in [-0.25, -0.2) is 5.43 Å². The molecule has 4 rings (SSSR count). The lowest BCUT2D eigenvalue weighted by atomic mass is 10.1. The van der Waals surface area contributed by atoms with Crippen LogP contribution in [0.1, 0.15) is 38.3 Å². The summed E-state index contributed by atoms with van der Waals surface area (Å²) in [6.07, 6.45) is 0.859. The van der Waals surface area contributed by atoms with Crippen LogP contribution in [0.3, 0.4) is 0 Å². The van der Waals surface area contributed by atoms with Gasteiger partial charge >= 0.3 is 0 Å². The third kappa shape index (κ3) is 6.80. The fourth-order valence-electron chi connectivity index (χ4n) is 3.66. The number of nitrogens with zero attached hydrogens (tertiary/aromatic N) is 2. The highest BCUT2D eigenvalue weighted by atomic mass is 79.9. The fourth-order valence-corrected chi connectivity index (χ4v) is 5.75. The van der Waals surface area contributed by atoms with Gasteiger partial charge in [0, 0.05) is 29.5 Å². The van der Waals surface area contributed by atoms with Crippen molar-refractivity contribution in [2.75, 3.05) is 39.4 Å². The van der Waals surface area contributed by atoms with Crippen LogP contribution in [0.25, 0.3) is 10.4 Å². The lowest BCUT2D eigenvalue weighted by Crippen LogP contribution is -2.38. The molecule has 1 fully saturated rings. The smallest absolute Gasteiger partial charge is 0.281 e. The maximum Gasteiger partial charge on any atom is 0.281 e. The summed E-state index contributed by atoms with van der Waals surface area (Å²) in [4.78, 5) is 28.9. The summed E-state index contributed by atoms with van der Waals surface area (Å²) >= 11 is 5.93. The summed E-state index contributed by atoms with van der Waals surface area (Å²) in [7, 11) is 0. The fraction of sp³-hybridized carbons (Fsp3) is 0.320. The molecule has 0 radical (unpaired) electrons. The van der Waals surface area contributed by atoms with Crippen LogP contribution in [0.5, 0.6) is 5.75 Å². The van der Waals surface area contributed by atoms with E-state index < -0.39 is 5.91 Å². The van der Waals surface area contributed by atoms with Gasteiger partial charge in [-0.05, 0) is 49.7 Å². The Bertz CT molecular complexity index is 1230. The van der Waals surface area contributed by atoms with Gasteiger partial charge in [-0.3, -0.25) is 14.5 Å². The third-order valence-corrected chi connectivity index (χ3v) is 8.31. The lowest BCUT2D eigenvalue weighted by molar-refractivity contribution is 0.0374. The second-order valence-electron chi connectivity index (χ2n) is 8.20. The number of halogens is 1. The number of rotatable bonds is 9. The van der Waals surface area contributed by atoms with Crippen LogP contribution in [0.4, 0.5) is 0 Å². The van der Waals surface area contributed by atoms with Crippen molar-refractivity contribution >= 4 is 56.1 Å². The normalized spacial score (nSPS) is 14.6. The van der Waals surface area contributed by atoms with E-state index in [2.05, 4.69) is 36.7 Å². The number of morpholine rings is 1. The first-order chi connectivity index (χ1) is 17.4. The van der Waals surface area contributed by atoms with Crippen LogP contribution < -0.4 is 10.7 Å². The Hall–Kier alpha value is -2.57. The van der Waals surface area contributed by atoms with Crippen LogP contribution in [-0.4, -0.2) is 66.9 Å². The van der Waals surface area contributed by atoms with Crippen molar-refractivity contribution in [3.63, 3.8) is 0 Å². The predicted molar refractivity (Wildman–Crippen MR) is 147 cm³/mol. The minimum absolute atomic E-state index is 0.126. The van der Waals surface area contributed by atoms with Crippen LogP contribution in [0.15, 0.2) is 51.4 Å². The number of amides is 2. The molecular formula is C25H27BrN4O4S2. The topological polar surface area (TPSA) is 103 Å². The molecule has 190 valence electrons. The monoisotopic (exact) mass is 590 g/mol. The number of aromatic hydroxyl groups is 1. The Kier molecular flexibility index (Phi) is 9.27. The molecule has 0 atom stereocenters. The summed E-state index contributed by atoms with van der Waals surface area (Å²) in [5.41, 5.74) is 4.46. The average molecular weight is 592 g/mol. The highest BCUT2D eigenvalue weighted by Crippen LogP contribution is 2.39. The molecule has 8 nitrogen and oxygen atoms in total. The Morgan fingerprint density at radius 3 is 2.53 bits per heavy atom. The Morgan fingerprint density at radius 1 is 1.11 bits per heavy atom. The van der Waals surface area contributed by atoms with Crippen LogP contribution in [0.2, 0.25) is 0 Å². The van der Waals surface area contributed by atoms with Crippen molar-refractivity contribution in [3.05, 3.63) is 61.6 Å². The van der Waals surface area contributed by atoms with E-state index in [1.165, 1.54) is 11.3 Å². The number of benzene rings is 1. The summed E-state index contributed by atoms with van der Waals surface area (Å²) < 4.78 is 6.30. The molecule has 2 aromatic heterocycles. The molecule has 1 saturated heterocycles. The van der Waals surface area contributed by atoms with Gasteiger partial charge in [-0.15, -0.1) is 22.7 Å². The maximum absolute atomic E-state index is 12.6. The minimum Gasteiger partial charge on any atom is -0.506 e. The zero-order valence-corrected chi connectivity index (χ0v) is 23.0. The van der Waals surface area contributed by atoms with Gasteiger partial charge in [0.1, 0.15) is 5.75 Å². The zero-order valence-electron chi connectivity index (χ0n) is 19.8. The summed E-state index contributed by atoms with van der Waals surface area (Å²) in [5.74, 6) is -0.473. The molecule has 1 aliphatic heterocycles. The van der Waals surface area contributed by atoms with Crippen molar-refractivity contribution in [2.24, 2.45) is 5.10 Å². The van der Waals surface area contributed by atoms with E-state index in [4.69, 9.17) is 4.74 Å². The van der Waals surface area contributed by atoms with Crippen LogP contribution in [0, 0.1) is 0 Å². The number of hydrazone groups is 1. The summed E-state index contributed by atoms with van der Waals surface area (Å²) in [5, 5.41) is 19.6. The maximum atomic E-state index is 12.6. The van der Waals surface area contributed by atoms with Gasteiger partial charge in [0.25, 0.3) is 11.8 Å². The van der Waals surface area contributed by atoms with E-state index in [0.29, 0.717) is 27.6 Å². The van der Waals surface area contributed by atoms with E-state index in [0.717, 1.165) is 65.5 Å². The minimum atomic E-state index is -0.409.